The molecule has 2 rings (SSSR count). The highest BCUT2D eigenvalue weighted by molar-refractivity contribution is 9.11. The van der Waals surface area contributed by atoms with Gasteiger partial charge in [-0.15, -0.1) is 0 Å². The van der Waals surface area contributed by atoms with Crippen molar-refractivity contribution in [3.05, 3.63) is 69.7 Å². The highest BCUT2D eigenvalue weighted by Crippen LogP contribution is 2.29. The number of nitrogens with zero attached hydrogens (tertiary/aromatic N) is 2. The lowest BCUT2D eigenvalue weighted by atomic mass is 9.91. The van der Waals surface area contributed by atoms with Gasteiger partial charge in [0.05, 0.1) is 6.61 Å². The zero-order chi connectivity index (χ0) is 19.1. The number of aliphatic hydroxyl groups is 1. The molecule has 140 valence electrons. The van der Waals surface area contributed by atoms with Gasteiger partial charge < -0.3 is 20.2 Å². The largest absolute Gasteiger partial charge is 0.392 e. The van der Waals surface area contributed by atoms with Crippen LogP contribution in [0.2, 0.25) is 0 Å². The average molecular weight is 420 g/mol. The van der Waals surface area contributed by atoms with Crippen LogP contribution in [-0.4, -0.2) is 42.0 Å². The Hall–Kier alpha value is -2.05. The molecule has 0 radical (unpaired) electrons. The number of carbonyl (C=O) groups is 1. The Labute approximate surface area is 163 Å². The molecule has 1 heterocycles. The molecule has 1 aromatic rings. The van der Waals surface area contributed by atoms with Gasteiger partial charge in [-0.05, 0) is 30.5 Å². The first kappa shape index (κ1) is 20.3. The first-order valence-corrected chi connectivity index (χ1v) is 9.31. The minimum Gasteiger partial charge on any atom is -0.392 e. The summed E-state index contributed by atoms with van der Waals surface area (Å²) in [4.78, 5) is 14.4. The number of halogens is 1. The van der Waals surface area contributed by atoms with Gasteiger partial charge in [0.25, 0.3) is 0 Å². The second kappa shape index (κ2) is 9.59. The average Bonchev–Trinajstić information content (AvgIpc) is 2.64. The van der Waals surface area contributed by atoms with E-state index in [1.165, 1.54) is 10.5 Å². The topological polar surface area (TPSA) is 55.8 Å². The van der Waals surface area contributed by atoms with Crippen LogP contribution in [0.25, 0.3) is 0 Å². The fourth-order valence-electron chi connectivity index (χ4n) is 2.89. The standard InChI is InChI=1S/C20H26BrN3O2/c1-15(21)20(8-9-23(2)14-26)22-19-10-18(11-24(3)12-19)17-6-4-16(13-25)5-7-17/h4-9,12,14,18,22,25H,10-11,13H2,1-3H3/b9-8-,20-15-. The zero-order valence-corrected chi connectivity index (χ0v) is 17.0. The lowest BCUT2D eigenvalue weighted by molar-refractivity contribution is -0.114. The van der Waals surface area contributed by atoms with Crippen molar-refractivity contribution >= 4 is 22.3 Å². The minimum atomic E-state index is 0.0673. The molecular formula is C20H26BrN3O2. The van der Waals surface area contributed by atoms with Gasteiger partial charge in [-0.3, -0.25) is 4.79 Å². The molecule has 0 aliphatic carbocycles. The number of rotatable bonds is 7. The fraction of sp³-hybridized carbons (Fsp3) is 0.350. The highest BCUT2D eigenvalue weighted by Gasteiger charge is 2.20. The number of carbonyl (C=O) groups excluding carboxylic acids is 1. The molecular weight excluding hydrogens is 394 g/mol. The van der Waals surface area contributed by atoms with E-state index in [9.17, 15) is 9.90 Å². The Morgan fingerprint density at radius 3 is 2.69 bits per heavy atom. The van der Waals surface area contributed by atoms with Crippen LogP contribution in [0, 0.1) is 0 Å². The van der Waals surface area contributed by atoms with Crippen LogP contribution in [0.3, 0.4) is 0 Å². The number of likely N-dealkylation sites (N-methyl/N-ethyl adjacent to an activating group) is 1. The second-order valence-electron chi connectivity index (χ2n) is 6.55. The Kier molecular flexibility index (Phi) is 7.48. The number of nitrogens with one attached hydrogen (secondary N) is 1. The Bertz CT molecular complexity index is 706. The summed E-state index contributed by atoms with van der Waals surface area (Å²) in [5, 5.41) is 12.7. The lowest BCUT2D eigenvalue weighted by Gasteiger charge is -2.31. The van der Waals surface area contributed by atoms with Crippen LogP contribution >= 0.6 is 15.9 Å². The maximum atomic E-state index is 10.8. The van der Waals surface area contributed by atoms with Crippen LogP contribution < -0.4 is 5.32 Å². The summed E-state index contributed by atoms with van der Waals surface area (Å²) in [6.45, 7) is 2.98. The first-order valence-electron chi connectivity index (χ1n) is 8.52. The van der Waals surface area contributed by atoms with Gasteiger partial charge in [0.15, 0.2) is 0 Å². The summed E-state index contributed by atoms with van der Waals surface area (Å²) in [5.74, 6) is 0.374. The van der Waals surface area contributed by atoms with Gasteiger partial charge in [-0.2, -0.15) is 0 Å². The van der Waals surface area contributed by atoms with Crippen LogP contribution in [0.1, 0.15) is 30.4 Å². The number of allylic oxidation sites excluding steroid dienone is 3. The van der Waals surface area contributed by atoms with Crippen molar-refractivity contribution in [2.24, 2.45) is 0 Å². The molecule has 2 N–H and O–H groups in total. The van der Waals surface area contributed by atoms with Crippen LogP contribution in [0.15, 0.2) is 58.6 Å². The van der Waals surface area contributed by atoms with E-state index >= 15 is 0 Å². The van der Waals surface area contributed by atoms with Crippen molar-refractivity contribution in [3.63, 3.8) is 0 Å². The molecule has 1 aliphatic heterocycles. The van der Waals surface area contributed by atoms with Crippen molar-refractivity contribution in [2.75, 3.05) is 20.6 Å². The van der Waals surface area contributed by atoms with E-state index in [-0.39, 0.29) is 6.61 Å². The maximum Gasteiger partial charge on any atom is 0.213 e. The number of amides is 1. The van der Waals surface area contributed by atoms with E-state index in [1.54, 1.807) is 13.2 Å². The molecule has 1 aliphatic rings. The smallest absolute Gasteiger partial charge is 0.213 e. The van der Waals surface area contributed by atoms with Crippen molar-refractivity contribution in [2.45, 2.75) is 25.9 Å². The molecule has 6 heteroatoms. The third kappa shape index (κ3) is 5.75. The van der Waals surface area contributed by atoms with Crippen molar-refractivity contribution in [1.82, 2.24) is 15.1 Å². The normalized spacial score (nSPS) is 18.4. The van der Waals surface area contributed by atoms with Crippen LogP contribution in [-0.2, 0) is 11.4 Å². The summed E-state index contributed by atoms with van der Waals surface area (Å²) >= 11 is 3.53. The van der Waals surface area contributed by atoms with Gasteiger partial charge >= 0.3 is 0 Å². The number of hydrogen-bond donors (Lipinski definition) is 2. The molecule has 0 saturated carbocycles. The van der Waals surface area contributed by atoms with Gasteiger partial charge in [0.2, 0.25) is 6.41 Å². The summed E-state index contributed by atoms with van der Waals surface area (Å²) in [6.07, 6.45) is 7.37. The molecule has 1 atom stereocenters. The summed E-state index contributed by atoms with van der Waals surface area (Å²) in [5.41, 5.74) is 4.21. The van der Waals surface area contributed by atoms with E-state index in [4.69, 9.17) is 0 Å². The Balaban J connectivity index is 2.14. The maximum absolute atomic E-state index is 10.8. The monoisotopic (exact) mass is 419 g/mol. The SMILES string of the molecule is C/C(Br)=C(\C=C/N(C)C=O)NC1=CN(C)CC(c2ccc(CO)cc2)C1. The molecule has 5 nitrogen and oxygen atoms in total. The fourth-order valence-corrected chi connectivity index (χ4v) is 3.12. The molecule has 0 fully saturated rings. The highest BCUT2D eigenvalue weighted by atomic mass is 79.9. The molecule has 0 spiro atoms. The number of benzene rings is 1. The van der Waals surface area contributed by atoms with Gasteiger partial charge in [0.1, 0.15) is 0 Å². The Morgan fingerprint density at radius 1 is 1.42 bits per heavy atom. The molecule has 1 unspecified atom stereocenters. The molecule has 26 heavy (non-hydrogen) atoms. The summed E-state index contributed by atoms with van der Waals surface area (Å²) in [6, 6.07) is 8.15. The molecule has 1 amide bonds. The van der Waals surface area contributed by atoms with Gasteiger partial charge in [-0.25, -0.2) is 0 Å². The van der Waals surface area contributed by atoms with Crippen LogP contribution in [0.4, 0.5) is 0 Å². The summed E-state index contributed by atoms with van der Waals surface area (Å²) in [7, 11) is 3.76. The van der Waals surface area contributed by atoms with Gasteiger partial charge in [0, 0.05) is 54.8 Å². The predicted octanol–water partition coefficient (Wildman–Crippen LogP) is 3.26. The van der Waals surface area contributed by atoms with E-state index in [0.717, 1.165) is 40.8 Å². The van der Waals surface area contributed by atoms with Crippen LogP contribution in [0.5, 0.6) is 0 Å². The van der Waals surface area contributed by atoms with Crippen molar-refractivity contribution in [3.8, 4) is 0 Å². The van der Waals surface area contributed by atoms with Crippen molar-refractivity contribution in [1.29, 1.82) is 0 Å². The number of aliphatic hydroxyl groups excluding tert-OH is 1. The number of hydrogen-bond acceptors (Lipinski definition) is 4. The van der Waals surface area contributed by atoms with E-state index in [2.05, 4.69) is 51.5 Å². The molecule has 0 bridgehead atoms. The van der Waals surface area contributed by atoms with E-state index < -0.39 is 0 Å². The Morgan fingerprint density at radius 2 is 2.12 bits per heavy atom. The third-order valence-electron chi connectivity index (χ3n) is 4.29. The molecule has 0 aromatic heterocycles. The quantitative estimate of drug-likeness (QED) is 0.525. The predicted molar refractivity (Wildman–Crippen MR) is 108 cm³/mol. The van der Waals surface area contributed by atoms with E-state index in [1.807, 2.05) is 25.1 Å². The lowest BCUT2D eigenvalue weighted by Crippen LogP contribution is -2.29. The molecule has 1 aromatic carbocycles. The summed E-state index contributed by atoms with van der Waals surface area (Å²) < 4.78 is 0.964. The molecule has 0 saturated heterocycles. The van der Waals surface area contributed by atoms with E-state index in [0.29, 0.717) is 5.92 Å². The third-order valence-corrected chi connectivity index (χ3v) is 4.72. The van der Waals surface area contributed by atoms with Gasteiger partial charge in [-0.1, -0.05) is 40.2 Å². The van der Waals surface area contributed by atoms with Crippen molar-refractivity contribution < 1.29 is 9.90 Å². The minimum absolute atomic E-state index is 0.0673. The zero-order valence-electron chi connectivity index (χ0n) is 15.4. The first-order chi connectivity index (χ1) is 12.4. The second-order valence-corrected chi connectivity index (χ2v) is 7.74.